The zero-order valence-electron chi connectivity index (χ0n) is 9.10. The number of sulfonamides is 1. The quantitative estimate of drug-likeness (QED) is 0.730. The standard InChI is InChI=1S/C8H14N4O2S2/c1-6-10-5-8(11-6)16(13,14)12(2)4-3-7(9)15/h5H,3-4H2,1-2H3,(H2,9,15)(H,10,11). The van der Waals surface area contributed by atoms with Crippen molar-refractivity contribution in [1.29, 1.82) is 0 Å². The normalized spacial score (nSPS) is 11.9. The van der Waals surface area contributed by atoms with Crippen LogP contribution >= 0.6 is 12.2 Å². The lowest BCUT2D eigenvalue weighted by Gasteiger charge is -2.15. The molecule has 0 bridgehead atoms. The Morgan fingerprint density at radius 2 is 2.31 bits per heavy atom. The molecule has 0 aromatic carbocycles. The van der Waals surface area contributed by atoms with E-state index < -0.39 is 10.0 Å². The zero-order valence-corrected chi connectivity index (χ0v) is 10.7. The third-order valence-corrected chi connectivity index (χ3v) is 4.01. The third-order valence-electron chi connectivity index (χ3n) is 2.04. The van der Waals surface area contributed by atoms with Crippen LogP contribution < -0.4 is 5.73 Å². The summed E-state index contributed by atoms with van der Waals surface area (Å²) in [5.41, 5.74) is 5.32. The molecule has 6 nitrogen and oxygen atoms in total. The number of aromatic nitrogens is 2. The first-order chi connectivity index (χ1) is 7.34. The first-order valence-corrected chi connectivity index (χ1v) is 6.45. The van der Waals surface area contributed by atoms with Crippen molar-refractivity contribution in [2.75, 3.05) is 13.6 Å². The second-order valence-electron chi connectivity index (χ2n) is 3.38. The molecule has 1 rings (SSSR count). The zero-order chi connectivity index (χ0) is 12.3. The molecule has 1 aromatic rings. The topological polar surface area (TPSA) is 92.1 Å². The largest absolute Gasteiger partial charge is 0.393 e. The summed E-state index contributed by atoms with van der Waals surface area (Å²) in [5, 5.41) is 0.0791. The molecule has 1 aromatic heterocycles. The number of nitrogens with zero attached hydrogens (tertiary/aromatic N) is 2. The molecule has 0 radical (unpaired) electrons. The van der Waals surface area contributed by atoms with Crippen LogP contribution in [0.2, 0.25) is 0 Å². The molecule has 3 N–H and O–H groups in total. The first-order valence-electron chi connectivity index (χ1n) is 4.60. The molecule has 0 atom stereocenters. The average molecular weight is 262 g/mol. The Morgan fingerprint density at radius 1 is 1.69 bits per heavy atom. The Balaban J connectivity index is 2.82. The Hall–Kier alpha value is -0.990. The van der Waals surface area contributed by atoms with Gasteiger partial charge < -0.3 is 10.7 Å². The molecule has 0 aliphatic rings. The molecule has 0 saturated heterocycles. The second-order valence-corrected chi connectivity index (χ2v) is 5.91. The van der Waals surface area contributed by atoms with Gasteiger partial charge in [-0.1, -0.05) is 12.2 Å². The molecule has 16 heavy (non-hydrogen) atoms. The fourth-order valence-electron chi connectivity index (χ4n) is 1.09. The monoisotopic (exact) mass is 262 g/mol. The van der Waals surface area contributed by atoms with E-state index in [1.165, 1.54) is 17.5 Å². The van der Waals surface area contributed by atoms with E-state index in [0.29, 0.717) is 17.2 Å². The maximum absolute atomic E-state index is 11.9. The number of nitrogens with two attached hydrogens (primary N) is 1. The fraction of sp³-hybridized carbons (Fsp3) is 0.500. The molecule has 0 aliphatic carbocycles. The highest BCUT2D eigenvalue weighted by Crippen LogP contribution is 2.11. The number of hydrogen-bond acceptors (Lipinski definition) is 4. The smallest absolute Gasteiger partial charge is 0.259 e. The highest BCUT2D eigenvalue weighted by atomic mass is 32.2. The molecule has 8 heteroatoms. The summed E-state index contributed by atoms with van der Waals surface area (Å²) >= 11 is 4.69. The third kappa shape index (κ3) is 3.00. The van der Waals surface area contributed by atoms with Crippen LogP contribution in [0.1, 0.15) is 12.2 Å². The number of aryl methyl sites for hydroxylation is 1. The van der Waals surface area contributed by atoms with E-state index in [2.05, 4.69) is 9.97 Å². The number of nitrogens with one attached hydrogen (secondary N) is 1. The summed E-state index contributed by atoms with van der Waals surface area (Å²) < 4.78 is 25.1. The molecule has 0 aliphatic heterocycles. The van der Waals surface area contributed by atoms with Gasteiger partial charge in [0, 0.05) is 20.0 Å². The summed E-state index contributed by atoms with van der Waals surface area (Å²) in [7, 11) is -2.04. The van der Waals surface area contributed by atoms with E-state index in [1.54, 1.807) is 6.92 Å². The SMILES string of the molecule is Cc1ncc(S(=O)(=O)N(C)CCC(N)=S)[nH]1. The van der Waals surface area contributed by atoms with Crippen LogP contribution in [0, 0.1) is 6.92 Å². The van der Waals surface area contributed by atoms with Crippen LogP contribution in [0.3, 0.4) is 0 Å². The molecule has 0 saturated carbocycles. The summed E-state index contributed by atoms with van der Waals surface area (Å²) in [6.45, 7) is 1.95. The minimum Gasteiger partial charge on any atom is -0.393 e. The molecule has 0 amide bonds. The minimum absolute atomic E-state index is 0.0791. The van der Waals surface area contributed by atoms with Crippen LogP contribution in [0.15, 0.2) is 11.2 Å². The highest BCUT2D eigenvalue weighted by Gasteiger charge is 2.22. The number of H-pyrrole nitrogens is 1. The Bertz CT molecular complexity index is 480. The number of imidazole rings is 1. The van der Waals surface area contributed by atoms with Crippen LogP contribution in [0.25, 0.3) is 0 Å². The van der Waals surface area contributed by atoms with Crippen LogP contribution in [0.4, 0.5) is 0 Å². The second kappa shape index (κ2) is 4.89. The molecule has 0 fully saturated rings. The molecule has 0 unspecified atom stereocenters. The van der Waals surface area contributed by atoms with E-state index in [4.69, 9.17) is 18.0 Å². The molecular formula is C8H14N4O2S2. The van der Waals surface area contributed by atoms with Crippen LogP contribution in [0.5, 0.6) is 0 Å². The summed E-state index contributed by atoms with van der Waals surface area (Å²) in [4.78, 5) is 6.82. The predicted octanol–water partition coefficient (Wildman–Crippen LogP) is 0.0148. The van der Waals surface area contributed by atoms with Crippen molar-refractivity contribution in [2.45, 2.75) is 18.4 Å². The maximum atomic E-state index is 11.9. The van der Waals surface area contributed by atoms with Crippen molar-refractivity contribution in [2.24, 2.45) is 5.73 Å². The summed E-state index contributed by atoms with van der Waals surface area (Å²) in [5.74, 6) is 0.557. The Kier molecular flexibility index (Phi) is 4.00. The number of thiocarbonyl (C=S) groups is 1. The van der Waals surface area contributed by atoms with Gasteiger partial charge in [-0.05, 0) is 6.92 Å². The number of aromatic amines is 1. The van der Waals surface area contributed by atoms with Gasteiger partial charge in [-0.2, -0.15) is 4.31 Å². The maximum Gasteiger partial charge on any atom is 0.259 e. The van der Waals surface area contributed by atoms with Crippen molar-refractivity contribution in [3.63, 3.8) is 0 Å². The lowest BCUT2D eigenvalue weighted by molar-refractivity contribution is 0.476. The lowest BCUT2D eigenvalue weighted by Crippen LogP contribution is -2.30. The summed E-state index contributed by atoms with van der Waals surface area (Å²) in [6.07, 6.45) is 1.65. The van der Waals surface area contributed by atoms with Gasteiger partial charge in [0.05, 0.1) is 11.2 Å². The first kappa shape index (κ1) is 13.1. The minimum atomic E-state index is -3.51. The van der Waals surface area contributed by atoms with Crippen molar-refractivity contribution >= 4 is 27.2 Å². The van der Waals surface area contributed by atoms with Gasteiger partial charge in [-0.15, -0.1) is 0 Å². The van der Waals surface area contributed by atoms with Crippen LogP contribution in [-0.2, 0) is 10.0 Å². The highest BCUT2D eigenvalue weighted by molar-refractivity contribution is 7.89. The van der Waals surface area contributed by atoms with Crippen molar-refractivity contribution in [3.05, 3.63) is 12.0 Å². The lowest BCUT2D eigenvalue weighted by atomic mass is 10.4. The van der Waals surface area contributed by atoms with E-state index in [1.807, 2.05) is 0 Å². The van der Waals surface area contributed by atoms with Gasteiger partial charge >= 0.3 is 0 Å². The number of hydrogen-bond donors (Lipinski definition) is 2. The van der Waals surface area contributed by atoms with E-state index in [-0.39, 0.29) is 11.6 Å². The predicted molar refractivity (Wildman–Crippen MR) is 64.5 cm³/mol. The van der Waals surface area contributed by atoms with Gasteiger partial charge in [0.15, 0.2) is 5.03 Å². The molecule has 90 valence electrons. The average Bonchev–Trinajstić information content (AvgIpc) is 2.61. The van der Waals surface area contributed by atoms with Crippen LogP contribution in [-0.4, -0.2) is 41.3 Å². The van der Waals surface area contributed by atoms with Gasteiger partial charge in [-0.3, -0.25) is 0 Å². The number of rotatable bonds is 5. The van der Waals surface area contributed by atoms with Crippen molar-refractivity contribution < 1.29 is 8.42 Å². The fourth-order valence-corrected chi connectivity index (χ4v) is 2.31. The van der Waals surface area contributed by atoms with E-state index in [9.17, 15) is 8.42 Å². The van der Waals surface area contributed by atoms with E-state index >= 15 is 0 Å². The summed E-state index contributed by atoms with van der Waals surface area (Å²) in [6, 6.07) is 0. The molecule has 0 spiro atoms. The van der Waals surface area contributed by atoms with Crippen molar-refractivity contribution in [1.82, 2.24) is 14.3 Å². The van der Waals surface area contributed by atoms with Gasteiger partial charge in [0.2, 0.25) is 0 Å². The molecular weight excluding hydrogens is 248 g/mol. The Labute approximate surface area is 99.9 Å². The Morgan fingerprint density at radius 3 is 2.75 bits per heavy atom. The van der Waals surface area contributed by atoms with Crippen molar-refractivity contribution in [3.8, 4) is 0 Å². The van der Waals surface area contributed by atoms with Gasteiger partial charge in [0.25, 0.3) is 10.0 Å². The van der Waals surface area contributed by atoms with Gasteiger partial charge in [-0.25, -0.2) is 13.4 Å². The van der Waals surface area contributed by atoms with Gasteiger partial charge in [0.1, 0.15) is 5.82 Å². The van der Waals surface area contributed by atoms with E-state index in [0.717, 1.165) is 0 Å². The molecule has 1 heterocycles.